The first kappa shape index (κ1) is 17.5. The Bertz CT molecular complexity index is 548. The third-order valence-electron chi connectivity index (χ3n) is 6.68. The smallest absolute Gasteiger partial charge is 0.198 e. The summed E-state index contributed by atoms with van der Waals surface area (Å²) in [7, 11) is 2.41. The van der Waals surface area contributed by atoms with Gasteiger partial charge in [-0.3, -0.25) is 0 Å². The van der Waals surface area contributed by atoms with E-state index in [0.717, 1.165) is 17.6 Å². The van der Waals surface area contributed by atoms with E-state index >= 15 is 0 Å². The molecule has 0 amide bonds. The zero-order valence-electron chi connectivity index (χ0n) is 15.8. The summed E-state index contributed by atoms with van der Waals surface area (Å²) in [5, 5.41) is 0. The Hall–Kier alpha value is -0.900. The predicted octanol–water partition coefficient (Wildman–Crippen LogP) is 4.47. The number of quaternary nitrogens is 1. The number of likely N-dealkylation sites (tertiary alicyclic amines) is 1. The van der Waals surface area contributed by atoms with Gasteiger partial charge >= 0.3 is 0 Å². The van der Waals surface area contributed by atoms with E-state index in [9.17, 15) is 0 Å². The quantitative estimate of drug-likeness (QED) is 0.751. The lowest BCUT2D eigenvalue weighted by Gasteiger charge is -2.41. The number of ether oxygens (including phenoxy) is 2. The van der Waals surface area contributed by atoms with Gasteiger partial charge in [-0.05, 0) is 32.1 Å². The molecular formula is C22H34NO2+. The van der Waals surface area contributed by atoms with Crippen LogP contribution in [0.3, 0.4) is 0 Å². The van der Waals surface area contributed by atoms with Crippen molar-refractivity contribution < 1.29 is 14.0 Å². The molecule has 0 bridgehead atoms. The van der Waals surface area contributed by atoms with Crippen molar-refractivity contribution in [2.45, 2.75) is 63.3 Å². The molecule has 1 aromatic carbocycles. The predicted molar refractivity (Wildman–Crippen MR) is 100 cm³/mol. The van der Waals surface area contributed by atoms with Gasteiger partial charge in [0.05, 0.1) is 26.7 Å². The lowest BCUT2D eigenvalue weighted by atomic mass is 9.80. The molecule has 3 heteroatoms. The van der Waals surface area contributed by atoms with Crippen LogP contribution in [0.25, 0.3) is 0 Å². The Balaban J connectivity index is 1.53. The zero-order valence-corrected chi connectivity index (χ0v) is 15.8. The number of nitrogens with zero attached hydrogens (tertiary/aromatic N) is 1. The highest BCUT2D eigenvalue weighted by Crippen LogP contribution is 2.47. The third kappa shape index (κ3) is 3.65. The Morgan fingerprint density at radius 3 is 2.36 bits per heavy atom. The van der Waals surface area contributed by atoms with Gasteiger partial charge in [-0.15, -0.1) is 0 Å². The van der Waals surface area contributed by atoms with Crippen LogP contribution in [-0.2, 0) is 15.3 Å². The summed E-state index contributed by atoms with van der Waals surface area (Å²) >= 11 is 0. The van der Waals surface area contributed by atoms with E-state index in [1.54, 1.807) is 0 Å². The van der Waals surface area contributed by atoms with Crippen LogP contribution in [0.4, 0.5) is 0 Å². The lowest BCUT2D eigenvalue weighted by molar-refractivity contribution is -0.916. The van der Waals surface area contributed by atoms with Gasteiger partial charge in [0.2, 0.25) is 0 Å². The molecule has 1 aliphatic carbocycles. The standard InChI is InChI=1S/C22H34NO2/c1-23(15-9-4-10-16-23)17-21-18-24-22(25-21,19-11-5-2-6-12-19)20-13-7-3-8-14-20/h2,5-6,11-12,20-21H,3-4,7-10,13-18H2,1H3/q+1/t21-,22+/m0/s1. The SMILES string of the molecule is C[N+]1(C[C@H]2CO[C@@](c3ccccc3)(C3CCCCC3)O2)CCCCC1. The second-order valence-corrected chi connectivity index (χ2v) is 8.73. The molecule has 3 fully saturated rings. The fourth-order valence-electron chi connectivity index (χ4n) is 5.33. The molecule has 25 heavy (non-hydrogen) atoms. The van der Waals surface area contributed by atoms with Gasteiger partial charge in [-0.25, -0.2) is 0 Å². The van der Waals surface area contributed by atoms with Crippen molar-refractivity contribution in [3.63, 3.8) is 0 Å². The van der Waals surface area contributed by atoms with Crippen LogP contribution >= 0.6 is 0 Å². The normalized spacial score (nSPS) is 33.4. The fourth-order valence-corrected chi connectivity index (χ4v) is 5.33. The lowest BCUT2D eigenvalue weighted by Crippen LogP contribution is -2.52. The summed E-state index contributed by atoms with van der Waals surface area (Å²) in [5.74, 6) is 0.00157. The highest BCUT2D eigenvalue weighted by Gasteiger charge is 2.50. The van der Waals surface area contributed by atoms with Gasteiger partial charge in [-0.2, -0.15) is 0 Å². The molecule has 2 aliphatic heterocycles. The topological polar surface area (TPSA) is 18.5 Å². The van der Waals surface area contributed by atoms with Crippen molar-refractivity contribution in [1.82, 2.24) is 0 Å². The molecule has 0 radical (unpaired) electrons. The van der Waals surface area contributed by atoms with Gasteiger partial charge in [0.25, 0.3) is 0 Å². The van der Waals surface area contributed by atoms with Crippen molar-refractivity contribution in [3.8, 4) is 0 Å². The van der Waals surface area contributed by atoms with Gasteiger partial charge in [-0.1, -0.05) is 49.6 Å². The third-order valence-corrected chi connectivity index (χ3v) is 6.68. The number of benzene rings is 1. The maximum Gasteiger partial charge on any atom is 0.198 e. The Labute approximate surface area is 152 Å². The average Bonchev–Trinajstić information content (AvgIpc) is 3.08. The molecule has 2 heterocycles. The summed E-state index contributed by atoms with van der Waals surface area (Å²) in [6.07, 6.45) is 10.8. The van der Waals surface area contributed by atoms with Gasteiger partial charge in [0.15, 0.2) is 5.79 Å². The second-order valence-electron chi connectivity index (χ2n) is 8.73. The van der Waals surface area contributed by atoms with Crippen molar-refractivity contribution in [2.75, 3.05) is 33.3 Å². The number of hydrogen-bond donors (Lipinski definition) is 0. The second kappa shape index (κ2) is 7.38. The average molecular weight is 345 g/mol. The van der Waals surface area contributed by atoms with Crippen molar-refractivity contribution in [1.29, 1.82) is 0 Å². The van der Waals surface area contributed by atoms with E-state index < -0.39 is 5.79 Å². The van der Waals surface area contributed by atoms with Crippen molar-refractivity contribution in [3.05, 3.63) is 35.9 Å². The van der Waals surface area contributed by atoms with Crippen LogP contribution in [0, 0.1) is 5.92 Å². The number of likely N-dealkylation sites (N-methyl/N-ethyl adjacent to an activating group) is 1. The van der Waals surface area contributed by atoms with Crippen LogP contribution in [0.15, 0.2) is 30.3 Å². The molecule has 2 saturated heterocycles. The van der Waals surface area contributed by atoms with E-state index in [-0.39, 0.29) is 6.10 Å². The van der Waals surface area contributed by atoms with Crippen molar-refractivity contribution >= 4 is 0 Å². The highest BCUT2D eigenvalue weighted by atomic mass is 16.7. The van der Waals surface area contributed by atoms with Crippen LogP contribution < -0.4 is 0 Å². The maximum atomic E-state index is 6.80. The molecule has 1 aromatic rings. The Morgan fingerprint density at radius 1 is 0.960 bits per heavy atom. The highest BCUT2D eigenvalue weighted by molar-refractivity contribution is 5.22. The monoisotopic (exact) mass is 344 g/mol. The largest absolute Gasteiger partial charge is 0.343 e. The summed E-state index contributed by atoms with van der Waals surface area (Å²) in [5.41, 5.74) is 1.23. The van der Waals surface area contributed by atoms with Crippen LogP contribution in [0.2, 0.25) is 0 Å². The molecule has 138 valence electrons. The fraction of sp³-hybridized carbons (Fsp3) is 0.727. The summed E-state index contributed by atoms with van der Waals surface area (Å²) < 4.78 is 14.5. The van der Waals surface area contributed by atoms with Crippen LogP contribution in [0.1, 0.15) is 56.9 Å². The van der Waals surface area contributed by atoms with Crippen molar-refractivity contribution in [2.24, 2.45) is 5.92 Å². The minimum absolute atomic E-state index is 0.227. The summed E-state index contributed by atoms with van der Waals surface area (Å²) in [6.45, 7) is 4.43. The Morgan fingerprint density at radius 2 is 1.64 bits per heavy atom. The molecular weight excluding hydrogens is 310 g/mol. The molecule has 0 aromatic heterocycles. The minimum atomic E-state index is -0.499. The van der Waals surface area contributed by atoms with Crippen LogP contribution in [0.5, 0.6) is 0 Å². The van der Waals surface area contributed by atoms with E-state index in [4.69, 9.17) is 9.47 Å². The van der Waals surface area contributed by atoms with E-state index in [1.165, 1.54) is 70.0 Å². The first-order valence-corrected chi connectivity index (χ1v) is 10.4. The van der Waals surface area contributed by atoms with E-state index in [0.29, 0.717) is 5.92 Å². The number of hydrogen-bond acceptors (Lipinski definition) is 2. The Kier molecular flexibility index (Phi) is 5.17. The van der Waals surface area contributed by atoms with E-state index in [2.05, 4.69) is 37.4 Å². The maximum absolute atomic E-state index is 6.80. The molecule has 0 unspecified atom stereocenters. The molecule has 3 nitrogen and oxygen atoms in total. The number of rotatable bonds is 4. The molecule has 3 aliphatic rings. The zero-order chi connectivity index (χ0) is 17.2. The first-order chi connectivity index (χ1) is 12.2. The van der Waals surface area contributed by atoms with Gasteiger partial charge in [0.1, 0.15) is 12.6 Å². The summed E-state index contributed by atoms with van der Waals surface area (Å²) in [6, 6.07) is 10.7. The molecule has 2 atom stereocenters. The van der Waals surface area contributed by atoms with Crippen LogP contribution in [-0.4, -0.2) is 43.9 Å². The number of piperidine rings is 1. The first-order valence-electron chi connectivity index (χ1n) is 10.4. The molecule has 0 spiro atoms. The minimum Gasteiger partial charge on any atom is -0.343 e. The van der Waals surface area contributed by atoms with Gasteiger partial charge in [0, 0.05) is 11.5 Å². The van der Waals surface area contributed by atoms with Gasteiger partial charge < -0.3 is 14.0 Å². The van der Waals surface area contributed by atoms with E-state index in [1.807, 2.05) is 0 Å². The summed E-state index contributed by atoms with van der Waals surface area (Å²) in [4.78, 5) is 0. The molecule has 4 rings (SSSR count). The molecule has 0 N–H and O–H groups in total. The molecule has 1 saturated carbocycles.